The molecule has 0 aliphatic heterocycles. The lowest BCUT2D eigenvalue weighted by Gasteiger charge is -2.26. The number of hydrogen-bond donors (Lipinski definition) is 0. The summed E-state index contributed by atoms with van der Waals surface area (Å²) in [5, 5.41) is 0.550. The SMILES string of the molecule is CCN(CC)CCOC(=O)C(C)(CBr)c1ccccc1.Cl. The summed E-state index contributed by atoms with van der Waals surface area (Å²) in [7, 11) is 0. The van der Waals surface area contributed by atoms with Crippen molar-refractivity contribution >= 4 is 34.3 Å². The van der Waals surface area contributed by atoms with Gasteiger partial charge in [-0.2, -0.15) is 0 Å². The van der Waals surface area contributed by atoms with Gasteiger partial charge in [0, 0.05) is 11.9 Å². The molecule has 21 heavy (non-hydrogen) atoms. The summed E-state index contributed by atoms with van der Waals surface area (Å²) in [4.78, 5) is 14.6. The molecule has 1 aromatic carbocycles. The predicted octanol–water partition coefficient (Wildman–Crippen LogP) is 3.65. The Labute approximate surface area is 142 Å². The third kappa shape index (κ3) is 5.61. The Morgan fingerprint density at radius 3 is 2.29 bits per heavy atom. The molecule has 0 fully saturated rings. The van der Waals surface area contributed by atoms with E-state index in [0.717, 1.165) is 25.2 Å². The van der Waals surface area contributed by atoms with Crippen LogP contribution in [0, 0.1) is 0 Å². The van der Waals surface area contributed by atoms with E-state index in [1.807, 2.05) is 37.3 Å². The van der Waals surface area contributed by atoms with Crippen LogP contribution < -0.4 is 0 Å². The van der Waals surface area contributed by atoms with E-state index in [0.29, 0.717) is 11.9 Å². The molecule has 0 saturated carbocycles. The monoisotopic (exact) mass is 377 g/mol. The topological polar surface area (TPSA) is 29.5 Å². The van der Waals surface area contributed by atoms with Crippen molar-refractivity contribution in [3.8, 4) is 0 Å². The normalized spacial score (nSPS) is 13.4. The molecular weight excluding hydrogens is 354 g/mol. The summed E-state index contributed by atoms with van der Waals surface area (Å²) in [5.41, 5.74) is 0.342. The number of halogens is 2. The highest BCUT2D eigenvalue weighted by atomic mass is 79.9. The van der Waals surface area contributed by atoms with Crippen molar-refractivity contribution in [3.05, 3.63) is 35.9 Å². The van der Waals surface area contributed by atoms with Gasteiger partial charge in [0.2, 0.25) is 0 Å². The zero-order chi connectivity index (χ0) is 15.0. The Morgan fingerprint density at radius 1 is 1.24 bits per heavy atom. The van der Waals surface area contributed by atoms with E-state index in [-0.39, 0.29) is 18.4 Å². The van der Waals surface area contributed by atoms with Crippen LogP contribution in [0.4, 0.5) is 0 Å². The quantitative estimate of drug-likeness (QED) is 0.511. The number of alkyl halides is 1. The van der Waals surface area contributed by atoms with Crippen LogP contribution in [0.25, 0.3) is 0 Å². The van der Waals surface area contributed by atoms with Gasteiger partial charge in [-0.05, 0) is 25.6 Å². The van der Waals surface area contributed by atoms with E-state index in [1.54, 1.807) is 0 Å². The molecule has 0 aliphatic rings. The fourth-order valence-electron chi connectivity index (χ4n) is 2.02. The molecule has 1 aromatic rings. The van der Waals surface area contributed by atoms with Gasteiger partial charge in [0.15, 0.2) is 0 Å². The van der Waals surface area contributed by atoms with Gasteiger partial charge in [0.1, 0.15) is 6.61 Å². The third-order valence-electron chi connectivity index (χ3n) is 3.66. The van der Waals surface area contributed by atoms with Crippen molar-refractivity contribution in [2.45, 2.75) is 26.2 Å². The van der Waals surface area contributed by atoms with Gasteiger partial charge >= 0.3 is 5.97 Å². The number of esters is 1. The number of carbonyl (C=O) groups excluding carboxylic acids is 1. The highest BCUT2D eigenvalue weighted by molar-refractivity contribution is 9.09. The van der Waals surface area contributed by atoms with Crippen molar-refractivity contribution in [1.29, 1.82) is 0 Å². The van der Waals surface area contributed by atoms with E-state index in [9.17, 15) is 4.79 Å². The first-order chi connectivity index (χ1) is 9.58. The molecule has 0 spiro atoms. The van der Waals surface area contributed by atoms with Crippen LogP contribution in [0.1, 0.15) is 26.3 Å². The molecule has 0 bridgehead atoms. The zero-order valence-corrected chi connectivity index (χ0v) is 15.4. The maximum absolute atomic E-state index is 12.4. The summed E-state index contributed by atoms with van der Waals surface area (Å²) in [5.74, 6) is -0.173. The second kappa shape index (κ2) is 10.2. The van der Waals surface area contributed by atoms with Crippen LogP contribution in [0.5, 0.6) is 0 Å². The minimum Gasteiger partial charge on any atom is -0.464 e. The fourth-order valence-corrected chi connectivity index (χ4v) is 2.57. The molecule has 3 nitrogen and oxygen atoms in total. The minimum absolute atomic E-state index is 0. The van der Waals surface area contributed by atoms with Crippen LogP contribution in [-0.4, -0.2) is 42.4 Å². The molecule has 1 unspecified atom stereocenters. The number of hydrogen-bond acceptors (Lipinski definition) is 3. The van der Waals surface area contributed by atoms with Crippen LogP contribution in [0.2, 0.25) is 0 Å². The minimum atomic E-state index is -0.634. The lowest BCUT2D eigenvalue weighted by molar-refractivity contribution is -0.149. The van der Waals surface area contributed by atoms with Crippen molar-refractivity contribution in [3.63, 3.8) is 0 Å². The van der Waals surface area contributed by atoms with Crippen molar-refractivity contribution in [2.75, 3.05) is 31.6 Å². The van der Waals surface area contributed by atoms with Gasteiger partial charge in [0.05, 0.1) is 5.41 Å². The molecule has 5 heteroatoms. The van der Waals surface area contributed by atoms with E-state index >= 15 is 0 Å². The van der Waals surface area contributed by atoms with Gasteiger partial charge < -0.3 is 9.64 Å². The second-order valence-corrected chi connectivity index (χ2v) is 5.56. The number of ether oxygens (including phenoxy) is 1. The number of carbonyl (C=O) groups is 1. The lowest BCUT2D eigenvalue weighted by atomic mass is 9.85. The Kier molecular flexibility index (Phi) is 9.92. The van der Waals surface area contributed by atoms with Crippen molar-refractivity contribution < 1.29 is 9.53 Å². The summed E-state index contributed by atoms with van der Waals surface area (Å²) in [6.45, 7) is 9.30. The van der Waals surface area contributed by atoms with Gasteiger partial charge in [-0.3, -0.25) is 4.79 Å². The molecule has 0 aliphatic carbocycles. The van der Waals surface area contributed by atoms with Crippen LogP contribution in [0.15, 0.2) is 30.3 Å². The molecule has 120 valence electrons. The largest absolute Gasteiger partial charge is 0.464 e. The molecule has 1 atom stereocenters. The summed E-state index contributed by atoms with van der Waals surface area (Å²) in [6.07, 6.45) is 0. The van der Waals surface area contributed by atoms with E-state index in [1.165, 1.54) is 0 Å². The Hall–Kier alpha value is -0.580. The average molecular weight is 379 g/mol. The Balaban J connectivity index is 0.00000400. The first-order valence-corrected chi connectivity index (χ1v) is 8.21. The van der Waals surface area contributed by atoms with E-state index < -0.39 is 5.41 Å². The summed E-state index contributed by atoms with van der Waals surface area (Å²) in [6, 6.07) is 9.77. The van der Waals surface area contributed by atoms with Gasteiger partial charge in [0.25, 0.3) is 0 Å². The smallest absolute Gasteiger partial charge is 0.317 e. The van der Waals surface area contributed by atoms with Crippen LogP contribution >= 0.6 is 28.3 Å². The lowest BCUT2D eigenvalue weighted by Crippen LogP contribution is -2.38. The highest BCUT2D eigenvalue weighted by Gasteiger charge is 2.35. The van der Waals surface area contributed by atoms with Gasteiger partial charge in [-0.15, -0.1) is 12.4 Å². The van der Waals surface area contributed by atoms with E-state index in [4.69, 9.17) is 4.74 Å². The molecular formula is C16H25BrClNO2. The molecule has 0 aromatic heterocycles. The summed E-state index contributed by atoms with van der Waals surface area (Å²) >= 11 is 3.45. The van der Waals surface area contributed by atoms with Crippen molar-refractivity contribution in [2.24, 2.45) is 0 Å². The fraction of sp³-hybridized carbons (Fsp3) is 0.562. The van der Waals surface area contributed by atoms with Crippen molar-refractivity contribution in [1.82, 2.24) is 4.90 Å². The molecule has 0 heterocycles. The molecule has 1 rings (SSSR count). The molecule has 0 N–H and O–H groups in total. The zero-order valence-electron chi connectivity index (χ0n) is 13.0. The Morgan fingerprint density at radius 2 is 1.81 bits per heavy atom. The van der Waals surface area contributed by atoms with Crippen LogP contribution in [-0.2, 0) is 14.9 Å². The maximum Gasteiger partial charge on any atom is 0.317 e. The van der Waals surface area contributed by atoms with E-state index in [2.05, 4.69) is 34.7 Å². The van der Waals surface area contributed by atoms with Gasteiger partial charge in [-0.25, -0.2) is 0 Å². The third-order valence-corrected chi connectivity index (χ3v) is 4.79. The van der Waals surface area contributed by atoms with Crippen LogP contribution in [0.3, 0.4) is 0 Å². The highest BCUT2D eigenvalue weighted by Crippen LogP contribution is 2.27. The summed E-state index contributed by atoms with van der Waals surface area (Å²) < 4.78 is 5.48. The Bertz CT molecular complexity index is 412. The molecule has 0 saturated heterocycles. The number of nitrogens with zero attached hydrogens (tertiary/aromatic N) is 1. The number of rotatable bonds is 8. The second-order valence-electron chi connectivity index (χ2n) is 4.99. The maximum atomic E-state index is 12.4. The molecule has 0 amide bonds. The number of benzene rings is 1. The predicted molar refractivity (Wildman–Crippen MR) is 93.6 cm³/mol. The number of likely N-dealkylation sites (N-methyl/N-ethyl adjacent to an activating group) is 1. The average Bonchev–Trinajstić information content (AvgIpc) is 2.51. The standard InChI is InChI=1S/C16H24BrNO2.ClH/c1-4-18(5-2)11-12-20-15(19)16(3,13-17)14-9-7-6-8-10-14;/h6-10H,4-5,11-13H2,1-3H3;1H. The van der Waals surface area contributed by atoms with Gasteiger partial charge in [-0.1, -0.05) is 60.1 Å². The molecule has 0 radical (unpaired) electrons. The first-order valence-electron chi connectivity index (χ1n) is 7.09. The first kappa shape index (κ1) is 20.4.